The molecular formula is C20H15F5N6O2. The van der Waals surface area contributed by atoms with Crippen LogP contribution in [0.3, 0.4) is 0 Å². The van der Waals surface area contributed by atoms with E-state index in [1.54, 1.807) is 0 Å². The number of benzene rings is 2. The molecule has 2 aromatic heterocycles. The molecule has 0 saturated heterocycles. The van der Waals surface area contributed by atoms with E-state index in [1.807, 2.05) is 0 Å². The third-order valence-corrected chi connectivity index (χ3v) is 5.11. The number of aromatic nitrogens is 6. The van der Waals surface area contributed by atoms with Crippen molar-refractivity contribution in [2.45, 2.75) is 31.3 Å². The minimum atomic E-state index is -4.61. The molecule has 1 atom stereocenters. The van der Waals surface area contributed by atoms with Crippen molar-refractivity contribution in [3.8, 4) is 0 Å². The van der Waals surface area contributed by atoms with E-state index in [2.05, 4.69) is 20.4 Å². The van der Waals surface area contributed by atoms with Gasteiger partial charge in [-0.2, -0.15) is 18.3 Å². The maximum absolute atomic E-state index is 14.5. The minimum Gasteiger partial charge on any atom is -0.383 e. The Bertz CT molecular complexity index is 1360. The average Bonchev–Trinajstić information content (AvgIpc) is 3.25. The van der Waals surface area contributed by atoms with Crippen LogP contribution in [0.5, 0.6) is 0 Å². The van der Waals surface area contributed by atoms with E-state index < -0.39 is 34.5 Å². The Morgan fingerprint density at radius 2 is 1.85 bits per heavy atom. The van der Waals surface area contributed by atoms with Crippen LogP contribution in [0.4, 0.5) is 22.0 Å². The summed E-state index contributed by atoms with van der Waals surface area (Å²) in [5, 5.41) is 22.4. The number of halogens is 5. The minimum absolute atomic E-state index is 0.106. The molecule has 1 unspecified atom stereocenters. The third kappa shape index (κ3) is 4.58. The van der Waals surface area contributed by atoms with E-state index in [0.29, 0.717) is 12.1 Å². The fourth-order valence-corrected chi connectivity index (χ4v) is 3.44. The van der Waals surface area contributed by atoms with Crippen molar-refractivity contribution < 1.29 is 27.1 Å². The van der Waals surface area contributed by atoms with Gasteiger partial charge in [-0.05, 0) is 24.3 Å². The van der Waals surface area contributed by atoms with Crippen molar-refractivity contribution in [3.05, 3.63) is 82.2 Å². The van der Waals surface area contributed by atoms with Crippen molar-refractivity contribution in [2.24, 2.45) is 0 Å². The summed E-state index contributed by atoms with van der Waals surface area (Å²) in [6.07, 6.45) is -2.40. The second kappa shape index (κ2) is 8.31. The van der Waals surface area contributed by atoms with Crippen LogP contribution < -0.4 is 5.56 Å². The SMILES string of the molecule is O=c1c2ccc(C(F)(F)F)cc2nnn1CCC(O)(Cn1cncn1)c1ccc(F)cc1F. The molecule has 4 aromatic rings. The molecule has 0 spiro atoms. The van der Waals surface area contributed by atoms with Gasteiger partial charge >= 0.3 is 6.18 Å². The molecule has 0 saturated carbocycles. The highest BCUT2D eigenvalue weighted by Crippen LogP contribution is 2.31. The van der Waals surface area contributed by atoms with Crippen molar-refractivity contribution >= 4 is 10.9 Å². The second-order valence-electron chi connectivity index (χ2n) is 7.35. The number of hydrogen-bond acceptors (Lipinski definition) is 6. The first kappa shape index (κ1) is 22.5. The molecule has 0 fully saturated rings. The summed E-state index contributed by atoms with van der Waals surface area (Å²) < 4.78 is 68.6. The molecule has 0 aliphatic heterocycles. The van der Waals surface area contributed by atoms with Gasteiger partial charge in [0.25, 0.3) is 5.56 Å². The lowest BCUT2D eigenvalue weighted by Crippen LogP contribution is -2.36. The number of aliphatic hydroxyl groups is 1. The Morgan fingerprint density at radius 3 is 2.52 bits per heavy atom. The van der Waals surface area contributed by atoms with Crippen LogP contribution in [0, 0.1) is 11.6 Å². The lowest BCUT2D eigenvalue weighted by molar-refractivity contribution is -0.137. The van der Waals surface area contributed by atoms with Crippen LogP contribution in [0.1, 0.15) is 17.5 Å². The topological polar surface area (TPSA) is 98.7 Å². The van der Waals surface area contributed by atoms with Crippen LogP contribution >= 0.6 is 0 Å². The highest BCUT2D eigenvalue weighted by atomic mass is 19.4. The maximum atomic E-state index is 14.5. The summed E-state index contributed by atoms with van der Waals surface area (Å²) in [5.41, 5.74) is -4.15. The number of nitrogens with zero attached hydrogens (tertiary/aromatic N) is 6. The summed E-state index contributed by atoms with van der Waals surface area (Å²) in [7, 11) is 0. The van der Waals surface area contributed by atoms with Gasteiger partial charge in [-0.1, -0.05) is 11.3 Å². The standard InChI is InChI=1S/C20H15F5N6O2/c21-13-2-4-15(16(22)8-13)19(33,9-30-11-26-10-27-30)5-6-31-18(32)14-3-1-12(20(23,24)25)7-17(14)28-29-31/h1-4,7-8,10-11,33H,5-6,9H2. The van der Waals surface area contributed by atoms with Crippen LogP contribution in [0.2, 0.25) is 0 Å². The van der Waals surface area contributed by atoms with Gasteiger partial charge in [0, 0.05) is 24.6 Å². The summed E-state index contributed by atoms with van der Waals surface area (Å²) in [6, 6.07) is 5.13. The zero-order valence-corrected chi connectivity index (χ0v) is 16.7. The normalized spacial score (nSPS) is 13.9. The predicted octanol–water partition coefficient (Wildman–Crippen LogP) is 2.66. The number of hydrogen-bond donors (Lipinski definition) is 1. The van der Waals surface area contributed by atoms with E-state index >= 15 is 0 Å². The summed E-state index contributed by atoms with van der Waals surface area (Å²) in [4.78, 5) is 16.5. The molecule has 4 rings (SSSR count). The van der Waals surface area contributed by atoms with Gasteiger partial charge < -0.3 is 5.11 Å². The fourth-order valence-electron chi connectivity index (χ4n) is 3.44. The molecule has 172 valence electrons. The summed E-state index contributed by atoms with van der Waals surface area (Å²) >= 11 is 0. The molecule has 13 heteroatoms. The predicted molar refractivity (Wildman–Crippen MR) is 104 cm³/mol. The Morgan fingerprint density at radius 1 is 1.06 bits per heavy atom. The van der Waals surface area contributed by atoms with Gasteiger partial charge in [0.1, 0.15) is 35.4 Å². The molecule has 0 bridgehead atoms. The molecule has 1 N–H and O–H groups in total. The highest BCUT2D eigenvalue weighted by Gasteiger charge is 2.34. The first-order chi connectivity index (χ1) is 15.6. The largest absolute Gasteiger partial charge is 0.416 e. The molecule has 33 heavy (non-hydrogen) atoms. The zero-order valence-electron chi connectivity index (χ0n) is 16.7. The lowest BCUT2D eigenvalue weighted by atomic mass is 9.89. The highest BCUT2D eigenvalue weighted by molar-refractivity contribution is 5.77. The molecule has 0 aliphatic rings. The van der Waals surface area contributed by atoms with E-state index in [0.717, 1.165) is 28.9 Å². The van der Waals surface area contributed by atoms with Crippen LogP contribution in [0.25, 0.3) is 10.9 Å². The smallest absolute Gasteiger partial charge is 0.383 e. The van der Waals surface area contributed by atoms with E-state index in [-0.39, 0.29) is 36.0 Å². The first-order valence-electron chi connectivity index (χ1n) is 9.52. The third-order valence-electron chi connectivity index (χ3n) is 5.11. The van der Waals surface area contributed by atoms with Gasteiger partial charge in [0.05, 0.1) is 17.5 Å². The summed E-state index contributed by atoms with van der Waals surface area (Å²) in [5.74, 6) is -1.84. The average molecular weight is 466 g/mol. The molecule has 2 heterocycles. The van der Waals surface area contributed by atoms with Gasteiger partial charge in [-0.15, -0.1) is 5.10 Å². The van der Waals surface area contributed by atoms with E-state index in [4.69, 9.17) is 0 Å². The lowest BCUT2D eigenvalue weighted by Gasteiger charge is -2.29. The van der Waals surface area contributed by atoms with Crippen LogP contribution in [0.15, 0.2) is 53.8 Å². The maximum Gasteiger partial charge on any atom is 0.416 e. The number of rotatable bonds is 6. The Balaban J connectivity index is 1.67. The molecular weight excluding hydrogens is 451 g/mol. The van der Waals surface area contributed by atoms with Crippen molar-refractivity contribution in [3.63, 3.8) is 0 Å². The van der Waals surface area contributed by atoms with E-state index in [9.17, 15) is 31.9 Å². The Kier molecular flexibility index (Phi) is 5.66. The molecule has 0 radical (unpaired) electrons. The monoisotopic (exact) mass is 466 g/mol. The molecule has 2 aromatic carbocycles. The zero-order chi connectivity index (χ0) is 23.8. The second-order valence-corrected chi connectivity index (χ2v) is 7.35. The number of aryl methyl sites for hydroxylation is 1. The van der Waals surface area contributed by atoms with Crippen LogP contribution in [-0.4, -0.2) is 34.9 Å². The molecule has 8 nitrogen and oxygen atoms in total. The summed E-state index contributed by atoms with van der Waals surface area (Å²) in [6.45, 7) is -0.551. The van der Waals surface area contributed by atoms with Crippen molar-refractivity contribution in [1.29, 1.82) is 0 Å². The van der Waals surface area contributed by atoms with E-state index in [1.165, 1.54) is 17.3 Å². The van der Waals surface area contributed by atoms with Gasteiger partial charge in [0.15, 0.2) is 0 Å². The number of fused-ring (bicyclic) bond motifs is 1. The van der Waals surface area contributed by atoms with Crippen molar-refractivity contribution in [2.75, 3.05) is 0 Å². The number of alkyl halides is 3. The first-order valence-corrected chi connectivity index (χ1v) is 9.52. The molecule has 0 amide bonds. The van der Waals surface area contributed by atoms with Crippen molar-refractivity contribution in [1.82, 2.24) is 29.8 Å². The quantitative estimate of drug-likeness (QED) is 0.439. The van der Waals surface area contributed by atoms with Gasteiger partial charge in [0.2, 0.25) is 0 Å². The fraction of sp³-hybridized carbons (Fsp3) is 0.250. The van der Waals surface area contributed by atoms with Crippen LogP contribution in [-0.2, 0) is 24.9 Å². The van der Waals surface area contributed by atoms with Gasteiger partial charge in [-0.25, -0.2) is 23.1 Å². The molecule has 0 aliphatic carbocycles. The Hall–Kier alpha value is -3.74. The van der Waals surface area contributed by atoms with Gasteiger partial charge in [-0.3, -0.25) is 4.79 Å². The Labute approximate surface area is 181 Å².